The molecule has 0 aromatic carbocycles. The Bertz CT molecular complexity index is 147. The van der Waals surface area contributed by atoms with Crippen LogP contribution in [0.15, 0.2) is 16.9 Å². The molecule has 1 aromatic heterocycles. The van der Waals surface area contributed by atoms with E-state index in [9.17, 15) is 0 Å². The van der Waals surface area contributed by atoms with E-state index >= 15 is 0 Å². The monoisotopic (exact) mass is 129 g/mol. The molecule has 1 heterocycles. The van der Waals surface area contributed by atoms with Crippen LogP contribution in [-0.4, -0.2) is 4.98 Å². The van der Waals surface area contributed by atoms with Crippen molar-refractivity contribution in [3.05, 3.63) is 18.4 Å². The lowest BCUT2D eigenvalue weighted by atomic mass is 10.5. The van der Waals surface area contributed by atoms with Crippen LogP contribution < -0.4 is 0 Å². The van der Waals surface area contributed by atoms with E-state index in [2.05, 4.69) is 17.6 Å². The van der Waals surface area contributed by atoms with Crippen LogP contribution in [0.3, 0.4) is 0 Å². The van der Waals surface area contributed by atoms with E-state index in [0.717, 1.165) is 0 Å². The van der Waals surface area contributed by atoms with Crippen molar-refractivity contribution in [3.63, 3.8) is 0 Å². The predicted molar refractivity (Wildman–Crippen MR) is 33.9 cm³/mol. The first kappa shape index (κ1) is 5.69. The highest BCUT2D eigenvalue weighted by atomic mass is 32.1. The Hall–Kier alpha value is -0.440. The fraction of sp³-hybridized carbons (Fsp3) is 0.400. The maximum atomic E-state index is 4.91. The van der Waals surface area contributed by atoms with Gasteiger partial charge in [0.25, 0.3) is 0 Å². The van der Waals surface area contributed by atoms with Gasteiger partial charge < -0.3 is 4.42 Å². The number of hydrogen-bond donors (Lipinski definition) is 1. The lowest BCUT2D eigenvalue weighted by Gasteiger charge is -1.92. The number of nitrogens with zero attached hydrogens (tertiary/aromatic N) is 1. The summed E-state index contributed by atoms with van der Waals surface area (Å²) in [5.74, 6) is 0.674. The molecule has 0 radical (unpaired) electrons. The largest absolute Gasteiger partial charge is 0.448 e. The Morgan fingerprint density at radius 1 is 1.88 bits per heavy atom. The van der Waals surface area contributed by atoms with E-state index in [1.807, 2.05) is 6.92 Å². The van der Waals surface area contributed by atoms with Crippen molar-refractivity contribution in [1.29, 1.82) is 0 Å². The Morgan fingerprint density at radius 3 is 2.88 bits per heavy atom. The molecule has 8 heavy (non-hydrogen) atoms. The SMILES string of the molecule is CC(S)c1ncco1. The quantitative estimate of drug-likeness (QED) is 0.583. The molecule has 44 valence electrons. The third-order valence-corrected chi connectivity index (χ3v) is 1.03. The van der Waals surface area contributed by atoms with Crippen LogP contribution in [0.5, 0.6) is 0 Å². The molecule has 0 spiro atoms. The molecule has 0 amide bonds. The van der Waals surface area contributed by atoms with Gasteiger partial charge in [0.05, 0.1) is 11.4 Å². The minimum absolute atomic E-state index is 0.102. The Kier molecular flexibility index (Phi) is 1.58. The van der Waals surface area contributed by atoms with Crippen LogP contribution in [0.2, 0.25) is 0 Å². The zero-order valence-electron chi connectivity index (χ0n) is 4.53. The summed E-state index contributed by atoms with van der Waals surface area (Å²) in [5, 5.41) is 0.102. The van der Waals surface area contributed by atoms with Crippen molar-refractivity contribution < 1.29 is 4.42 Å². The molecule has 1 rings (SSSR count). The number of rotatable bonds is 1. The molecule has 0 aliphatic heterocycles. The average Bonchev–Trinajstić information content (AvgIpc) is 2.12. The fourth-order valence-corrected chi connectivity index (χ4v) is 0.568. The van der Waals surface area contributed by atoms with E-state index in [4.69, 9.17) is 4.42 Å². The predicted octanol–water partition coefficient (Wildman–Crippen LogP) is 1.67. The second-order valence-corrected chi connectivity index (χ2v) is 2.32. The van der Waals surface area contributed by atoms with Gasteiger partial charge in [-0.3, -0.25) is 0 Å². The molecule has 1 unspecified atom stereocenters. The normalized spacial score (nSPS) is 13.8. The van der Waals surface area contributed by atoms with Gasteiger partial charge in [-0.1, -0.05) is 0 Å². The maximum absolute atomic E-state index is 4.91. The molecule has 0 aliphatic rings. The number of oxazole rings is 1. The molecule has 1 aromatic rings. The number of hydrogen-bond acceptors (Lipinski definition) is 3. The third kappa shape index (κ3) is 1.04. The standard InChI is InChI=1S/C5H7NOS/c1-4(8)5-6-2-3-7-5/h2-4,8H,1H3. The van der Waals surface area contributed by atoms with Crippen molar-refractivity contribution in [2.24, 2.45) is 0 Å². The summed E-state index contributed by atoms with van der Waals surface area (Å²) in [6.07, 6.45) is 3.16. The van der Waals surface area contributed by atoms with Crippen molar-refractivity contribution in [2.45, 2.75) is 12.2 Å². The van der Waals surface area contributed by atoms with E-state index in [-0.39, 0.29) is 5.25 Å². The van der Waals surface area contributed by atoms with E-state index in [1.54, 1.807) is 12.5 Å². The van der Waals surface area contributed by atoms with Gasteiger partial charge in [-0.05, 0) is 6.92 Å². The lowest BCUT2D eigenvalue weighted by Crippen LogP contribution is -1.80. The van der Waals surface area contributed by atoms with Gasteiger partial charge in [0, 0.05) is 0 Å². The highest BCUT2D eigenvalue weighted by Gasteiger charge is 2.01. The van der Waals surface area contributed by atoms with E-state index in [1.165, 1.54) is 0 Å². The van der Waals surface area contributed by atoms with Crippen LogP contribution >= 0.6 is 12.6 Å². The molecular weight excluding hydrogens is 122 g/mol. The summed E-state index contributed by atoms with van der Waals surface area (Å²) in [6, 6.07) is 0. The third-order valence-electron chi connectivity index (χ3n) is 0.809. The Morgan fingerprint density at radius 2 is 2.62 bits per heavy atom. The zero-order valence-corrected chi connectivity index (χ0v) is 5.43. The second-order valence-electron chi connectivity index (χ2n) is 1.55. The molecule has 0 bridgehead atoms. The first-order chi connectivity index (χ1) is 3.80. The van der Waals surface area contributed by atoms with Gasteiger partial charge in [-0.2, -0.15) is 12.6 Å². The first-order valence-corrected chi connectivity index (χ1v) is 2.90. The fourth-order valence-electron chi connectivity index (χ4n) is 0.441. The van der Waals surface area contributed by atoms with Gasteiger partial charge in [0.15, 0.2) is 0 Å². The van der Waals surface area contributed by atoms with Crippen molar-refractivity contribution in [2.75, 3.05) is 0 Å². The topological polar surface area (TPSA) is 26.0 Å². The minimum atomic E-state index is 0.102. The van der Waals surface area contributed by atoms with Crippen LogP contribution in [-0.2, 0) is 0 Å². The van der Waals surface area contributed by atoms with Gasteiger partial charge in [0.2, 0.25) is 5.89 Å². The molecule has 3 heteroatoms. The molecular formula is C5H7NOS. The summed E-state index contributed by atoms with van der Waals surface area (Å²) in [4.78, 5) is 3.87. The van der Waals surface area contributed by atoms with Gasteiger partial charge in [-0.25, -0.2) is 4.98 Å². The first-order valence-electron chi connectivity index (χ1n) is 2.38. The Balaban J connectivity index is 2.77. The highest BCUT2D eigenvalue weighted by molar-refractivity contribution is 7.80. The number of aromatic nitrogens is 1. The summed E-state index contributed by atoms with van der Waals surface area (Å²) < 4.78 is 4.91. The summed E-state index contributed by atoms with van der Waals surface area (Å²) in [5.41, 5.74) is 0. The molecule has 0 saturated carbocycles. The van der Waals surface area contributed by atoms with Crippen LogP contribution in [0.25, 0.3) is 0 Å². The molecule has 0 fully saturated rings. The van der Waals surface area contributed by atoms with Crippen LogP contribution in [0.4, 0.5) is 0 Å². The van der Waals surface area contributed by atoms with Crippen molar-refractivity contribution >= 4 is 12.6 Å². The summed E-state index contributed by atoms with van der Waals surface area (Å²) in [7, 11) is 0. The van der Waals surface area contributed by atoms with E-state index < -0.39 is 0 Å². The van der Waals surface area contributed by atoms with E-state index in [0.29, 0.717) is 5.89 Å². The lowest BCUT2D eigenvalue weighted by molar-refractivity contribution is 0.499. The smallest absolute Gasteiger partial charge is 0.206 e. The Labute approximate surface area is 53.3 Å². The van der Waals surface area contributed by atoms with Crippen molar-refractivity contribution in [3.8, 4) is 0 Å². The summed E-state index contributed by atoms with van der Waals surface area (Å²) in [6.45, 7) is 1.91. The van der Waals surface area contributed by atoms with Crippen molar-refractivity contribution in [1.82, 2.24) is 4.98 Å². The molecule has 0 aliphatic carbocycles. The molecule has 0 saturated heterocycles. The van der Waals surface area contributed by atoms with Gasteiger partial charge in [-0.15, -0.1) is 0 Å². The summed E-state index contributed by atoms with van der Waals surface area (Å²) >= 11 is 4.10. The van der Waals surface area contributed by atoms with Gasteiger partial charge in [0.1, 0.15) is 6.26 Å². The van der Waals surface area contributed by atoms with Crippen LogP contribution in [0.1, 0.15) is 18.1 Å². The highest BCUT2D eigenvalue weighted by Crippen LogP contribution is 2.14. The average molecular weight is 129 g/mol. The molecule has 2 nitrogen and oxygen atoms in total. The number of thiol groups is 1. The van der Waals surface area contributed by atoms with Crippen LogP contribution in [0, 0.1) is 0 Å². The zero-order chi connectivity index (χ0) is 5.98. The molecule has 1 atom stereocenters. The molecule has 0 N–H and O–H groups in total. The minimum Gasteiger partial charge on any atom is -0.448 e. The maximum Gasteiger partial charge on any atom is 0.206 e. The van der Waals surface area contributed by atoms with Gasteiger partial charge >= 0.3 is 0 Å². The second kappa shape index (κ2) is 2.22.